The molecule has 6 heteroatoms. The van der Waals surface area contributed by atoms with Crippen molar-refractivity contribution >= 4 is 17.6 Å². The summed E-state index contributed by atoms with van der Waals surface area (Å²) in [5, 5.41) is 11.6. The number of anilines is 1. The molecule has 0 spiro atoms. The maximum atomic E-state index is 12.0. The number of aliphatic carboxylic acids is 1. The van der Waals surface area contributed by atoms with E-state index in [-0.39, 0.29) is 17.7 Å². The highest BCUT2D eigenvalue weighted by atomic mass is 16.5. The Balaban J connectivity index is 2.30. The minimum absolute atomic E-state index is 0.0572. The van der Waals surface area contributed by atoms with Gasteiger partial charge in [0, 0.05) is 12.0 Å². The van der Waals surface area contributed by atoms with Crippen molar-refractivity contribution in [1.82, 2.24) is 4.98 Å². The summed E-state index contributed by atoms with van der Waals surface area (Å²) in [6, 6.07) is 3.43. The number of hydrogen-bond acceptors (Lipinski definition) is 4. The molecule has 0 bridgehead atoms. The van der Waals surface area contributed by atoms with E-state index in [0.717, 1.165) is 19.3 Å². The monoisotopic (exact) mass is 308 g/mol. The molecule has 2 unspecified atom stereocenters. The Bertz CT molecular complexity index is 487. The van der Waals surface area contributed by atoms with Gasteiger partial charge in [0.2, 0.25) is 11.8 Å². The minimum atomic E-state index is -0.766. The number of methoxy groups -OCH3 is 1. The van der Waals surface area contributed by atoms with Crippen molar-refractivity contribution in [3.63, 3.8) is 0 Å². The lowest BCUT2D eigenvalue weighted by molar-refractivity contribution is -0.141. The first kappa shape index (κ1) is 17.9. The van der Waals surface area contributed by atoms with Gasteiger partial charge in [0.05, 0.1) is 24.9 Å². The van der Waals surface area contributed by atoms with Crippen LogP contribution in [-0.4, -0.2) is 29.1 Å². The lowest BCUT2D eigenvalue weighted by Gasteiger charge is -2.12. The summed E-state index contributed by atoms with van der Waals surface area (Å²) in [7, 11) is 1.54. The van der Waals surface area contributed by atoms with Crippen molar-refractivity contribution in [1.29, 1.82) is 0 Å². The molecule has 0 saturated heterocycles. The average Bonchev–Trinajstić information content (AvgIpc) is 2.51. The summed E-state index contributed by atoms with van der Waals surface area (Å²) in [5.74, 6) is -0.772. The zero-order valence-corrected chi connectivity index (χ0v) is 13.3. The van der Waals surface area contributed by atoms with E-state index in [9.17, 15) is 9.59 Å². The molecule has 1 amide bonds. The molecule has 0 aliphatic rings. The minimum Gasteiger partial charge on any atom is -0.481 e. The molecule has 0 aliphatic carbocycles. The van der Waals surface area contributed by atoms with E-state index in [1.807, 2.05) is 6.92 Å². The van der Waals surface area contributed by atoms with Crippen LogP contribution >= 0.6 is 0 Å². The van der Waals surface area contributed by atoms with Gasteiger partial charge >= 0.3 is 5.97 Å². The Labute approximate surface area is 130 Å². The van der Waals surface area contributed by atoms with Crippen LogP contribution in [0.3, 0.4) is 0 Å². The van der Waals surface area contributed by atoms with Crippen LogP contribution in [-0.2, 0) is 9.59 Å². The second kappa shape index (κ2) is 9.02. The Kier molecular flexibility index (Phi) is 7.36. The first-order valence-corrected chi connectivity index (χ1v) is 7.47. The molecule has 1 heterocycles. The van der Waals surface area contributed by atoms with E-state index in [0.29, 0.717) is 18.0 Å². The van der Waals surface area contributed by atoms with E-state index in [1.54, 1.807) is 25.3 Å². The number of nitrogens with one attached hydrogen (secondary N) is 1. The third-order valence-electron chi connectivity index (χ3n) is 3.61. The van der Waals surface area contributed by atoms with Crippen LogP contribution < -0.4 is 10.1 Å². The number of pyridine rings is 1. The van der Waals surface area contributed by atoms with Crippen LogP contribution in [0, 0.1) is 11.8 Å². The molecule has 0 fully saturated rings. The van der Waals surface area contributed by atoms with Gasteiger partial charge in [-0.2, -0.15) is 0 Å². The molecule has 0 aliphatic heterocycles. The molecular formula is C16H24N2O4. The molecule has 22 heavy (non-hydrogen) atoms. The van der Waals surface area contributed by atoms with Crippen LogP contribution in [0.15, 0.2) is 18.3 Å². The third kappa shape index (κ3) is 6.11. The molecule has 2 atom stereocenters. The Hall–Kier alpha value is -2.11. The number of nitrogens with zero attached hydrogens (tertiary/aromatic N) is 1. The van der Waals surface area contributed by atoms with E-state index in [1.165, 1.54) is 7.11 Å². The average molecular weight is 308 g/mol. The standard InChI is InChI=1S/C16H24N2O4/c1-11(6-4-5-7-12(2)16(20)21)15(19)18-13-8-9-14(22-3)17-10-13/h8-12H,4-7H2,1-3H3,(H,18,19)(H,20,21). The van der Waals surface area contributed by atoms with Crippen molar-refractivity contribution in [2.24, 2.45) is 11.8 Å². The van der Waals surface area contributed by atoms with Gasteiger partial charge in [-0.05, 0) is 18.9 Å². The molecule has 6 nitrogen and oxygen atoms in total. The van der Waals surface area contributed by atoms with Crippen molar-refractivity contribution in [3.8, 4) is 5.88 Å². The van der Waals surface area contributed by atoms with Crippen molar-refractivity contribution in [3.05, 3.63) is 18.3 Å². The lowest BCUT2D eigenvalue weighted by Crippen LogP contribution is -2.20. The lowest BCUT2D eigenvalue weighted by atomic mass is 9.98. The van der Waals surface area contributed by atoms with Gasteiger partial charge in [-0.1, -0.05) is 26.7 Å². The van der Waals surface area contributed by atoms with Crippen LogP contribution in [0.2, 0.25) is 0 Å². The number of carbonyl (C=O) groups excluding carboxylic acids is 1. The fraction of sp³-hybridized carbons (Fsp3) is 0.562. The summed E-state index contributed by atoms with van der Waals surface area (Å²) in [5.41, 5.74) is 0.636. The number of aromatic nitrogens is 1. The second-order valence-electron chi connectivity index (χ2n) is 5.50. The van der Waals surface area contributed by atoms with Gasteiger partial charge in [-0.25, -0.2) is 4.98 Å². The van der Waals surface area contributed by atoms with Crippen molar-refractivity contribution in [2.75, 3.05) is 12.4 Å². The predicted molar refractivity (Wildman–Crippen MR) is 83.9 cm³/mol. The Morgan fingerprint density at radius 2 is 1.86 bits per heavy atom. The van der Waals surface area contributed by atoms with Crippen LogP contribution in [0.1, 0.15) is 39.5 Å². The van der Waals surface area contributed by atoms with E-state index in [2.05, 4.69) is 10.3 Å². The van der Waals surface area contributed by atoms with Gasteiger partial charge in [-0.15, -0.1) is 0 Å². The molecule has 1 aromatic heterocycles. The molecule has 1 rings (SSSR count). The fourth-order valence-electron chi connectivity index (χ4n) is 2.00. The number of hydrogen-bond donors (Lipinski definition) is 2. The van der Waals surface area contributed by atoms with Crippen LogP contribution in [0.4, 0.5) is 5.69 Å². The number of rotatable bonds is 9. The zero-order valence-electron chi connectivity index (χ0n) is 13.3. The molecule has 0 aromatic carbocycles. The largest absolute Gasteiger partial charge is 0.481 e. The maximum absolute atomic E-state index is 12.0. The summed E-state index contributed by atoms with van der Waals surface area (Å²) < 4.78 is 4.96. The highest BCUT2D eigenvalue weighted by Crippen LogP contribution is 2.16. The molecular weight excluding hydrogens is 284 g/mol. The second-order valence-corrected chi connectivity index (χ2v) is 5.50. The molecule has 0 saturated carbocycles. The topological polar surface area (TPSA) is 88.5 Å². The van der Waals surface area contributed by atoms with Crippen molar-refractivity contribution < 1.29 is 19.4 Å². The molecule has 1 aromatic rings. The SMILES string of the molecule is COc1ccc(NC(=O)C(C)CCCCC(C)C(=O)O)cn1. The number of ether oxygens (including phenoxy) is 1. The third-order valence-corrected chi connectivity index (χ3v) is 3.61. The number of carboxylic acids is 1. The summed E-state index contributed by atoms with van der Waals surface area (Å²) in [4.78, 5) is 26.8. The van der Waals surface area contributed by atoms with Gasteiger partial charge in [0.15, 0.2) is 0 Å². The fourth-order valence-corrected chi connectivity index (χ4v) is 2.00. The number of carboxylic acid groups (broad SMARTS) is 1. The maximum Gasteiger partial charge on any atom is 0.306 e. The van der Waals surface area contributed by atoms with Gasteiger partial charge < -0.3 is 15.2 Å². The van der Waals surface area contributed by atoms with Crippen LogP contribution in [0.5, 0.6) is 5.88 Å². The highest BCUT2D eigenvalue weighted by molar-refractivity contribution is 5.92. The van der Waals surface area contributed by atoms with E-state index < -0.39 is 5.97 Å². The highest BCUT2D eigenvalue weighted by Gasteiger charge is 2.14. The number of amides is 1. The quantitative estimate of drug-likeness (QED) is 0.685. The summed E-state index contributed by atoms with van der Waals surface area (Å²) in [6.07, 6.45) is 4.59. The predicted octanol–water partition coefficient (Wildman–Crippen LogP) is 2.95. The Morgan fingerprint density at radius 1 is 1.23 bits per heavy atom. The first-order chi connectivity index (χ1) is 10.4. The van der Waals surface area contributed by atoms with E-state index in [4.69, 9.17) is 9.84 Å². The van der Waals surface area contributed by atoms with Gasteiger partial charge in [0.1, 0.15) is 0 Å². The summed E-state index contributed by atoms with van der Waals surface area (Å²) >= 11 is 0. The molecule has 122 valence electrons. The van der Waals surface area contributed by atoms with E-state index >= 15 is 0 Å². The molecule has 2 N–H and O–H groups in total. The first-order valence-electron chi connectivity index (χ1n) is 7.47. The summed E-state index contributed by atoms with van der Waals surface area (Å²) in [6.45, 7) is 3.57. The zero-order chi connectivity index (χ0) is 16.5. The normalized spacial score (nSPS) is 13.2. The van der Waals surface area contributed by atoms with Gasteiger partial charge in [-0.3, -0.25) is 9.59 Å². The smallest absolute Gasteiger partial charge is 0.306 e. The van der Waals surface area contributed by atoms with Crippen molar-refractivity contribution in [2.45, 2.75) is 39.5 Å². The number of unbranched alkanes of at least 4 members (excludes halogenated alkanes) is 1. The molecule has 0 radical (unpaired) electrons. The van der Waals surface area contributed by atoms with Gasteiger partial charge in [0.25, 0.3) is 0 Å². The van der Waals surface area contributed by atoms with Crippen LogP contribution in [0.25, 0.3) is 0 Å². The Morgan fingerprint density at radius 3 is 2.36 bits per heavy atom. The number of carbonyl (C=O) groups is 2.